The van der Waals surface area contributed by atoms with Gasteiger partial charge in [-0.1, -0.05) is 35.3 Å². The minimum absolute atomic E-state index is 0.0792. The Balaban J connectivity index is 2.51. The van der Waals surface area contributed by atoms with Crippen molar-refractivity contribution in [2.24, 2.45) is 0 Å². The third-order valence-electron chi connectivity index (χ3n) is 2.41. The highest BCUT2D eigenvalue weighted by Gasteiger charge is 2.14. The lowest BCUT2D eigenvalue weighted by Gasteiger charge is -2.19. The van der Waals surface area contributed by atoms with Crippen molar-refractivity contribution in [2.45, 2.75) is 24.1 Å². The standard InChI is InChI=1S/C12H18N4O2S2/c1-3-4-5-6-7-16(8-9-17)11(18)13-10-14-15-12(19-2)20-10/h3-4,9H,5-8H2,1-2H3,(H,13,14,18). The Kier molecular flexibility index (Phi) is 7.89. The summed E-state index contributed by atoms with van der Waals surface area (Å²) < 4.78 is 0.787. The average Bonchev–Trinajstić information content (AvgIpc) is 2.89. The number of carbonyl (C=O) groups excluding carboxylic acids is 2. The summed E-state index contributed by atoms with van der Waals surface area (Å²) in [5.74, 6) is 0. The zero-order valence-electron chi connectivity index (χ0n) is 11.5. The van der Waals surface area contributed by atoms with Crippen molar-refractivity contribution in [3.05, 3.63) is 12.2 Å². The van der Waals surface area contributed by atoms with Crippen LogP contribution in [0.2, 0.25) is 0 Å². The summed E-state index contributed by atoms with van der Waals surface area (Å²) in [4.78, 5) is 24.1. The molecular weight excluding hydrogens is 296 g/mol. The molecule has 0 radical (unpaired) electrons. The van der Waals surface area contributed by atoms with Crippen molar-refractivity contribution < 1.29 is 9.59 Å². The van der Waals surface area contributed by atoms with Gasteiger partial charge in [0.15, 0.2) is 4.34 Å². The molecule has 0 bridgehead atoms. The molecule has 1 aromatic heterocycles. The largest absolute Gasteiger partial charge is 0.324 e. The van der Waals surface area contributed by atoms with E-state index < -0.39 is 0 Å². The molecule has 6 nitrogen and oxygen atoms in total. The second-order valence-electron chi connectivity index (χ2n) is 3.83. The van der Waals surface area contributed by atoms with Gasteiger partial charge in [0, 0.05) is 6.54 Å². The lowest BCUT2D eigenvalue weighted by molar-refractivity contribution is -0.108. The number of unbranched alkanes of at least 4 members (excludes halogenated alkanes) is 1. The minimum Gasteiger partial charge on any atom is -0.317 e. The highest BCUT2D eigenvalue weighted by molar-refractivity contribution is 8.00. The van der Waals surface area contributed by atoms with E-state index >= 15 is 0 Å². The molecule has 1 heterocycles. The highest BCUT2D eigenvalue weighted by Crippen LogP contribution is 2.23. The predicted molar refractivity (Wildman–Crippen MR) is 82.4 cm³/mol. The zero-order chi connectivity index (χ0) is 14.8. The highest BCUT2D eigenvalue weighted by atomic mass is 32.2. The summed E-state index contributed by atoms with van der Waals surface area (Å²) >= 11 is 2.78. The Morgan fingerprint density at radius 1 is 1.50 bits per heavy atom. The fourth-order valence-electron chi connectivity index (χ4n) is 1.45. The number of aldehydes is 1. The average molecular weight is 314 g/mol. The van der Waals surface area contributed by atoms with E-state index in [1.165, 1.54) is 28.0 Å². The maximum absolute atomic E-state index is 12.0. The summed E-state index contributed by atoms with van der Waals surface area (Å²) in [6.45, 7) is 2.56. The van der Waals surface area contributed by atoms with Crippen molar-refractivity contribution >= 4 is 40.5 Å². The molecule has 0 unspecified atom stereocenters. The van der Waals surface area contributed by atoms with Gasteiger partial charge >= 0.3 is 6.03 Å². The monoisotopic (exact) mass is 314 g/mol. The van der Waals surface area contributed by atoms with Gasteiger partial charge in [0.1, 0.15) is 6.29 Å². The van der Waals surface area contributed by atoms with Gasteiger partial charge in [-0.2, -0.15) is 0 Å². The number of amides is 2. The number of rotatable bonds is 8. The number of hydrogen-bond donors (Lipinski definition) is 1. The summed E-state index contributed by atoms with van der Waals surface area (Å²) in [7, 11) is 0. The molecule has 1 N–H and O–H groups in total. The Morgan fingerprint density at radius 2 is 2.30 bits per heavy atom. The number of hydrogen-bond acceptors (Lipinski definition) is 6. The van der Waals surface area contributed by atoms with E-state index in [0.717, 1.165) is 23.5 Å². The van der Waals surface area contributed by atoms with Crippen LogP contribution < -0.4 is 5.32 Å². The lowest BCUT2D eigenvalue weighted by Crippen LogP contribution is -2.37. The number of urea groups is 1. The number of nitrogens with zero attached hydrogens (tertiary/aromatic N) is 3. The SMILES string of the molecule is CC=CCCCN(CC=O)C(=O)Nc1nnc(SC)s1. The van der Waals surface area contributed by atoms with Crippen LogP contribution in [0.5, 0.6) is 0 Å². The molecule has 0 aliphatic heterocycles. The van der Waals surface area contributed by atoms with E-state index in [4.69, 9.17) is 0 Å². The molecule has 0 aliphatic rings. The number of anilines is 1. The van der Waals surface area contributed by atoms with E-state index in [1.807, 2.05) is 25.3 Å². The Labute approximate surface area is 126 Å². The molecule has 1 rings (SSSR count). The number of carbonyl (C=O) groups is 2. The van der Waals surface area contributed by atoms with Crippen LogP contribution >= 0.6 is 23.1 Å². The number of thioether (sulfide) groups is 1. The molecule has 0 spiro atoms. The van der Waals surface area contributed by atoms with Crippen LogP contribution in [0.3, 0.4) is 0 Å². The third-order valence-corrected chi connectivity index (χ3v) is 4.23. The molecule has 8 heteroatoms. The lowest BCUT2D eigenvalue weighted by atomic mass is 10.3. The van der Waals surface area contributed by atoms with E-state index in [2.05, 4.69) is 15.5 Å². The van der Waals surface area contributed by atoms with Crippen molar-refractivity contribution in [1.82, 2.24) is 15.1 Å². The number of nitrogens with one attached hydrogen (secondary N) is 1. The molecule has 0 aromatic carbocycles. The normalized spacial score (nSPS) is 10.7. The first-order valence-electron chi connectivity index (χ1n) is 6.19. The molecule has 0 aliphatic carbocycles. The first-order valence-corrected chi connectivity index (χ1v) is 8.23. The fourth-order valence-corrected chi connectivity index (χ4v) is 2.61. The first kappa shape index (κ1) is 16.6. The van der Waals surface area contributed by atoms with Crippen LogP contribution in [0.15, 0.2) is 16.5 Å². The van der Waals surface area contributed by atoms with Gasteiger partial charge in [-0.05, 0) is 26.0 Å². The minimum atomic E-state index is -0.318. The quantitative estimate of drug-likeness (QED) is 0.262. The van der Waals surface area contributed by atoms with Crippen LogP contribution in [0.25, 0.3) is 0 Å². The summed E-state index contributed by atoms with van der Waals surface area (Å²) in [5, 5.41) is 10.9. The topological polar surface area (TPSA) is 75.2 Å². The van der Waals surface area contributed by atoms with Crippen molar-refractivity contribution in [1.29, 1.82) is 0 Å². The van der Waals surface area contributed by atoms with Gasteiger partial charge in [0.05, 0.1) is 6.54 Å². The van der Waals surface area contributed by atoms with E-state index in [0.29, 0.717) is 11.7 Å². The van der Waals surface area contributed by atoms with Crippen molar-refractivity contribution in [3.8, 4) is 0 Å². The number of allylic oxidation sites excluding steroid dienone is 2. The maximum atomic E-state index is 12.0. The van der Waals surface area contributed by atoms with Crippen LogP contribution in [0.1, 0.15) is 19.8 Å². The molecule has 0 saturated carbocycles. The van der Waals surface area contributed by atoms with Gasteiger partial charge in [-0.25, -0.2) is 4.79 Å². The smallest absolute Gasteiger partial charge is 0.317 e. The molecule has 20 heavy (non-hydrogen) atoms. The zero-order valence-corrected chi connectivity index (χ0v) is 13.2. The second-order valence-corrected chi connectivity index (χ2v) is 5.86. The van der Waals surface area contributed by atoms with E-state index in [1.54, 1.807) is 0 Å². The Bertz CT molecular complexity index is 462. The molecule has 1 aromatic rings. The first-order chi connectivity index (χ1) is 9.71. The second kappa shape index (κ2) is 9.49. The fraction of sp³-hybridized carbons (Fsp3) is 0.500. The van der Waals surface area contributed by atoms with Gasteiger partial charge < -0.3 is 9.69 Å². The van der Waals surface area contributed by atoms with Crippen molar-refractivity contribution in [2.75, 3.05) is 24.7 Å². The summed E-state index contributed by atoms with van der Waals surface area (Å²) in [6, 6.07) is -0.318. The molecule has 0 atom stereocenters. The predicted octanol–water partition coefficient (Wildman–Crippen LogP) is 2.65. The molecule has 110 valence electrons. The summed E-state index contributed by atoms with van der Waals surface area (Å²) in [6.07, 6.45) is 8.32. The van der Waals surface area contributed by atoms with Gasteiger partial charge in [-0.15, -0.1) is 10.2 Å². The van der Waals surface area contributed by atoms with Gasteiger partial charge in [-0.3, -0.25) is 5.32 Å². The van der Waals surface area contributed by atoms with Crippen LogP contribution in [0, 0.1) is 0 Å². The third kappa shape index (κ3) is 5.70. The molecule has 0 saturated heterocycles. The van der Waals surface area contributed by atoms with Crippen LogP contribution in [0.4, 0.5) is 9.93 Å². The van der Waals surface area contributed by atoms with Crippen LogP contribution in [-0.4, -0.2) is 46.8 Å². The molecular formula is C12H18N4O2S2. The van der Waals surface area contributed by atoms with Gasteiger partial charge in [0.25, 0.3) is 0 Å². The van der Waals surface area contributed by atoms with E-state index in [-0.39, 0.29) is 12.6 Å². The van der Waals surface area contributed by atoms with Crippen LogP contribution in [-0.2, 0) is 4.79 Å². The van der Waals surface area contributed by atoms with Crippen molar-refractivity contribution in [3.63, 3.8) is 0 Å². The number of aromatic nitrogens is 2. The maximum Gasteiger partial charge on any atom is 0.324 e. The Hall–Kier alpha value is -1.41. The Morgan fingerprint density at radius 3 is 2.90 bits per heavy atom. The molecule has 0 fully saturated rings. The van der Waals surface area contributed by atoms with Gasteiger partial charge in [0.2, 0.25) is 5.13 Å². The summed E-state index contributed by atoms with van der Waals surface area (Å²) in [5.41, 5.74) is 0. The van der Waals surface area contributed by atoms with E-state index in [9.17, 15) is 9.59 Å². The molecule has 2 amide bonds.